The number of carbonyl (C=O) groups excluding carboxylic acids is 1. The second-order valence-electron chi connectivity index (χ2n) is 6.99. The lowest BCUT2D eigenvalue weighted by Crippen LogP contribution is -2.53. The Bertz CT molecular complexity index is 515. The van der Waals surface area contributed by atoms with Crippen LogP contribution in [-0.2, 0) is 19.6 Å². The first-order valence-electron chi connectivity index (χ1n) is 8.93. The maximum atomic E-state index is 12.7. The Morgan fingerprint density at radius 2 is 1.88 bits per heavy atom. The summed E-state index contributed by atoms with van der Waals surface area (Å²) in [7, 11) is -3.31. The van der Waals surface area contributed by atoms with Crippen LogP contribution in [0.1, 0.15) is 33.1 Å². The zero-order valence-electron chi connectivity index (χ0n) is 14.8. The molecule has 0 unspecified atom stereocenters. The largest absolute Gasteiger partial charge is 0.378 e. The molecule has 1 amide bonds. The smallest absolute Gasteiger partial charge is 0.226 e. The van der Waals surface area contributed by atoms with Crippen LogP contribution < -0.4 is 5.73 Å². The van der Waals surface area contributed by atoms with E-state index in [-0.39, 0.29) is 36.2 Å². The molecule has 2 aliphatic rings. The monoisotopic (exact) mass is 361 g/mol. The molecule has 2 atom stereocenters. The number of ether oxygens (including phenoxy) is 1. The number of hydrogen-bond donors (Lipinski definition) is 1. The second kappa shape index (κ2) is 8.60. The zero-order chi connectivity index (χ0) is 17.7. The minimum Gasteiger partial charge on any atom is -0.378 e. The molecule has 0 aromatic carbocycles. The Hall–Kier alpha value is -0.700. The molecule has 2 rings (SSSR count). The number of sulfonamides is 1. The molecule has 1 aliphatic carbocycles. The lowest BCUT2D eigenvalue weighted by Gasteiger charge is -2.36. The van der Waals surface area contributed by atoms with E-state index >= 15 is 0 Å². The van der Waals surface area contributed by atoms with Gasteiger partial charge in [0, 0.05) is 32.1 Å². The van der Waals surface area contributed by atoms with E-state index in [4.69, 9.17) is 10.5 Å². The zero-order valence-corrected chi connectivity index (χ0v) is 15.6. The SMILES string of the molecule is CC(C)OCCS(=O)(=O)N1CCN(C(=O)[C@@H]2CCC[C@@H]2CN)CC1. The summed E-state index contributed by atoms with van der Waals surface area (Å²) in [4.78, 5) is 14.5. The summed E-state index contributed by atoms with van der Waals surface area (Å²) in [5, 5.41) is 0. The molecule has 7 nitrogen and oxygen atoms in total. The molecule has 2 fully saturated rings. The Labute approximate surface area is 145 Å². The van der Waals surface area contributed by atoms with Gasteiger partial charge in [-0.05, 0) is 39.2 Å². The van der Waals surface area contributed by atoms with E-state index in [0.29, 0.717) is 32.7 Å². The van der Waals surface area contributed by atoms with Gasteiger partial charge in [0.1, 0.15) is 0 Å². The third-order valence-corrected chi connectivity index (χ3v) is 6.85. The van der Waals surface area contributed by atoms with E-state index < -0.39 is 10.0 Å². The molecule has 1 heterocycles. The van der Waals surface area contributed by atoms with Crippen LogP contribution in [0.15, 0.2) is 0 Å². The third kappa shape index (κ3) is 4.91. The number of hydrogen-bond acceptors (Lipinski definition) is 5. The molecular weight excluding hydrogens is 330 g/mol. The van der Waals surface area contributed by atoms with Gasteiger partial charge in [-0.2, -0.15) is 4.31 Å². The molecule has 0 aromatic heterocycles. The minimum absolute atomic E-state index is 0.00298. The predicted molar refractivity (Wildman–Crippen MR) is 92.9 cm³/mol. The van der Waals surface area contributed by atoms with Crippen molar-refractivity contribution in [3.8, 4) is 0 Å². The standard InChI is InChI=1S/C16H31N3O4S/c1-13(2)23-10-11-24(21,22)19-8-6-18(7-9-19)16(20)15-5-3-4-14(15)12-17/h13-15H,3-12,17H2,1-2H3/t14-,15-/m1/s1. The summed E-state index contributed by atoms with van der Waals surface area (Å²) >= 11 is 0. The molecule has 8 heteroatoms. The van der Waals surface area contributed by atoms with Crippen molar-refractivity contribution in [3.05, 3.63) is 0 Å². The number of nitrogens with zero attached hydrogens (tertiary/aromatic N) is 2. The Morgan fingerprint density at radius 1 is 1.21 bits per heavy atom. The summed E-state index contributed by atoms with van der Waals surface area (Å²) in [6.45, 7) is 6.21. The molecule has 140 valence electrons. The van der Waals surface area contributed by atoms with Gasteiger partial charge in [-0.1, -0.05) is 6.42 Å². The maximum absolute atomic E-state index is 12.7. The quantitative estimate of drug-likeness (QED) is 0.702. The summed E-state index contributed by atoms with van der Waals surface area (Å²) in [6, 6.07) is 0. The molecular formula is C16H31N3O4S. The van der Waals surface area contributed by atoms with Crippen molar-refractivity contribution in [2.45, 2.75) is 39.2 Å². The van der Waals surface area contributed by atoms with E-state index in [1.807, 2.05) is 18.7 Å². The van der Waals surface area contributed by atoms with Crippen LogP contribution in [0.5, 0.6) is 0 Å². The van der Waals surface area contributed by atoms with Gasteiger partial charge < -0.3 is 15.4 Å². The van der Waals surface area contributed by atoms with Crippen LogP contribution in [-0.4, -0.2) is 74.7 Å². The summed E-state index contributed by atoms with van der Waals surface area (Å²) < 4.78 is 31.5. The number of rotatable bonds is 7. The normalized spacial score (nSPS) is 26.2. The van der Waals surface area contributed by atoms with Gasteiger partial charge >= 0.3 is 0 Å². The third-order valence-electron chi connectivity index (χ3n) is 5.02. The maximum Gasteiger partial charge on any atom is 0.226 e. The molecule has 0 aromatic rings. The fourth-order valence-corrected chi connectivity index (χ4v) is 4.87. The van der Waals surface area contributed by atoms with Gasteiger partial charge in [0.15, 0.2) is 0 Å². The number of piperazine rings is 1. The molecule has 2 N–H and O–H groups in total. The van der Waals surface area contributed by atoms with Gasteiger partial charge in [0.2, 0.25) is 15.9 Å². The van der Waals surface area contributed by atoms with Crippen molar-refractivity contribution in [2.75, 3.05) is 45.1 Å². The molecule has 0 radical (unpaired) electrons. The van der Waals surface area contributed by atoms with Crippen molar-refractivity contribution in [1.82, 2.24) is 9.21 Å². The van der Waals surface area contributed by atoms with Gasteiger partial charge in [-0.25, -0.2) is 8.42 Å². The molecule has 1 aliphatic heterocycles. The van der Waals surface area contributed by atoms with Crippen LogP contribution in [0.4, 0.5) is 0 Å². The Kier molecular flexibility index (Phi) is 7.03. The molecule has 1 saturated heterocycles. The Balaban J connectivity index is 1.83. The van der Waals surface area contributed by atoms with E-state index in [0.717, 1.165) is 19.3 Å². The van der Waals surface area contributed by atoms with Gasteiger partial charge in [-0.3, -0.25) is 4.79 Å². The van der Waals surface area contributed by atoms with Crippen molar-refractivity contribution < 1.29 is 17.9 Å². The lowest BCUT2D eigenvalue weighted by atomic mass is 9.94. The highest BCUT2D eigenvalue weighted by molar-refractivity contribution is 7.89. The van der Waals surface area contributed by atoms with E-state index in [1.54, 1.807) is 0 Å². The van der Waals surface area contributed by atoms with Crippen LogP contribution in [0, 0.1) is 11.8 Å². The minimum atomic E-state index is -3.31. The summed E-state index contributed by atoms with van der Waals surface area (Å²) in [5.74, 6) is 0.463. The number of carbonyl (C=O) groups is 1. The Morgan fingerprint density at radius 3 is 2.46 bits per heavy atom. The van der Waals surface area contributed by atoms with Crippen LogP contribution >= 0.6 is 0 Å². The van der Waals surface area contributed by atoms with Crippen molar-refractivity contribution in [3.63, 3.8) is 0 Å². The topological polar surface area (TPSA) is 92.9 Å². The average Bonchev–Trinajstić information content (AvgIpc) is 3.02. The van der Waals surface area contributed by atoms with Gasteiger partial charge in [0.05, 0.1) is 18.5 Å². The van der Waals surface area contributed by atoms with Crippen LogP contribution in [0.3, 0.4) is 0 Å². The van der Waals surface area contributed by atoms with Gasteiger partial charge in [0.25, 0.3) is 0 Å². The molecule has 0 spiro atoms. The number of nitrogens with two attached hydrogens (primary N) is 1. The first-order valence-corrected chi connectivity index (χ1v) is 10.5. The molecule has 24 heavy (non-hydrogen) atoms. The molecule has 1 saturated carbocycles. The highest BCUT2D eigenvalue weighted by Gasteiger charge is 2.36. The van der Waals surface area contributed by atoms with Crippen LogP contribution in [0.25, 0.3) is 0 Å². The fraction of sp³-hybridized carbons (Fsp3) is 0.938. The van der Waals surface area contributed by atoms with Crippen LogP contribution in [0.2, 0.25) is 0 Å². The number of amides is 1. The summed E-state index contributed by atoms with van der Waals surface area (Å²) in [5.41, 5.74) is 5.77. The van der Waals surface area contributed by atoms with Crippen molar-refractivity contribution >= 4 is 15.9 Å². The highest BCUT2D eigenvalue weighted by atomic mass is 32.2. The van der Waals surface area contributed by atoms with E-state index in [9.17, 15) is 13.2 Å². The highest BCUT2D eigenvalue weighted by Crippen LogP contribution is 2.32. The predicted octanol–water partition coefficient (Wildman–Crippen LogP) is 0.260. The van der Waals surface area contributed by atoms with E-state index in [1.165, 1.54) is 4.31 Å². The fourth-order valence-electron chi connectivity index (χ4n) is 3.58. The first-order chi connectivity index (χ1) is 11.3. The van der Waals surface area contributed by atoms with Crippen molar-refractivity contribution in [2.24, 2.45) is 17.6 Å². The summed E-state index contributed by atoms with van der Waals surface area (Å²) in [6.07, 6.45) is 3.02. The first kappa shape index (κ1) is 19.6. The van der Waals surface area contributed by atoms with Crippen molar-refractivity contribution in [1.29, 1.82) is 0 Å². The molecule has 0 bridgehead atoms. The lowest BCUT2D eigenvalue weighted by molar-refractivity contribution is -0.137. The average molecular weight is 362 g/mol. The van der Waals surface area contributed by atoms with Gasteiger partial charge in [-0.15, -0.1) is 0 Å². The second-order valence-corrected chi connectivity index (χ2v) is 9.08. The van der Waals surface area contributed by atoms with E-state index in [2.05, 4.69) is 0 Å².